The van der Waals surface area contributed by atoms with Crippen molar-refractivity contribution in [1.82, 2.24) is 10.3 Å². The van der Waals surface area contributed by atoms with Gasteiger partial charge < -0.3 is 10.4 Å². The lowest BCUT2D eigenvalue weighted by atomic mass is 9.89. The predicted octanol–water partition coefficient (Wildman–Crippen LogP) is 0.899. The third-order valence-electron chi connectivity index (χ3n) is 2.57. The van der Waals surface area contributed by atoms with Gasteiger partial charge in [0.25, 0.3) is 0 Å². The molecule has 0 amide bonds. The van der Waals surface area contributed by atoms with Gasteiger partial charge in [0.05, 0.1) is 12.1 Å². The smallest absolute Gasteiger partial charge is 0.0679 e. The molecule has 2 N–H and O–H groups in total. The van der Waals surface area contributed by atoms with Crippen LogP contribution in [0.1, 0.15) is 18.9 Å². The quantitative estimate of drug-likeness (QED) is 0.723. The molecule has 0 radical (unpaired) electrons. The van der Waals surface area contributed by atoms with Crippen molar-refractivity contribution in [2.24, 2.45) is 0 Å². The summed E-state index contributed by atoms with van der Waals surface area (Å²) in [6.07, 6.45) is 4.36. The van der Waals surface area contributed by atoms with Crippen LogP contribution in [0.5, 0.6) is 0 Å². The molecule has 1 atom stereocenters. The number of pyridine rings is 1. The Labute approximate surface area is 78.8 Å². The molecule has 3 nitrogen and oxygen atoms in total. The van der Waals surface area contributed by atoms with Crippen molar-refractivity contribution < 1.29 is 5.11 Å². The van der Waals surface area contributed by atoms with E-state index in [1.165, 1.54) is 0 Å². The van der Waals surface area contributed by atoms with Crippen LogP contribution in [-0.4, -0.2) is 23.7 Å². The van der Waals surface area contributed by atoms with Crippen LogP contribution in [0.2, 0.25) is 0 Å². The minimum Gasteiger partial charge on any atom is -0.394 e. The summed E-state index contributed by atoms with van der Waals surface area (Å²) in [6, 6.07) is 3.86. The highest BCUT2D eigenvalue weighted by molar-refractivity contribution is 5.20. The van der Waals surface area contributed by atoms with Gasteiger partial charge in [0.2, 0.25) is 0 Å². The fourth-order valence-electron chi connectivity index (χ4n) is 1.45. The van der Waals surface area contributed by atoms with Crippen LogP contribution in [0.25, 0.3) is 0 Å². The molecule has 72 valence electrons. The van der Waals surface area contributed by atoms with Crippen LogP contribution in [0.4, 0.5) is 0 Å². The average molecular weight is 180 g/mol. The van der Waals surface area contributed by atoms with Crippen molar-refractivity contribution >= 4 is 0 Å². The Hall–Kier alpha value is -0.930. The molecule has 1 aromatic rings. The maximum atomic E-state index is 9.34. The van der Waals surface area contributed by atoms with E-state index in [2.05, 4.69) is 10.3 Å². The third kappa shape index (κ3) is 1.87. The summed E-state index contributed by atoms with van der Waals surface area (Å²) in [4.78, 5) is 4.04. The molecule has 0 aliphatic carbocycles. The van der Waals surface area contributed by atoms with Gasteiger partial charge in [-0.3, -0.25) is 4.98 Å². The van der Waals surface area contributed by atoms with Crippen LogP contribution < -0.4 is 5.32 Å². The van der Waals surface area contributed by atoms with Crippen LogP contribution in [0.15, 0.2) is 24.5 Å². The standard InChI is InChI=1S/C10H16N2O/c1-3-10(8-13,11-2)9-5-4-6-12-7-9/h4-7,11,13H,3,8H2,1-2H3. The molecule has 0 saturated heterocycles. The molecule has 0 aromatic carbocycles. The van der Waals surface area contributed by atoms with E-state index in [-0.39, 0.29) is 12.1 Å². The Morgan fingerprint density at radius 2 is 2.38 bits per heavy atom. The highest BCUT2D eigenvalue weighted by Gasteiger charge is 2.27. The second kappa shape index (κ2) is 4.35. The number of nitrogens with one attached hydrogen (secondary N) is 1. The molecule has 0 bridgehead atoms. The van der Waals surface area contributed by atoms with E-state index in [1.54, 1.807) is 12.4 Å². The fraction of sp³-hybridized carbons (Fsp3) is 0.500. The molecule has 1 heterocycles. The number of rotatable bonds is 4. The summed E-state index contributed by atoms with van der Waals surface area (Å²) in [5.74, 6) is 0. The van der Waals surface area contributed by atoms with Gasteiger partial charge in [-0.1, -0.05) is 13.0 Å². The number of likely N-dealkylation sites (N-methyl/N-ethyl adjacent to an activating group) is 1. The predicted molar refractivity (Wildman–Crippen MR) is 52.4 cm³/mol. The third-order valence-corrected chi connectivity index (χ3v) is 2.57. The Morgan fingerprint density at radius 1 is 1.62 bits per heavy atom. The molecule has 3 heteroatoms. The van der Waals surface area contributed by atoms with Crippen molar-refractivity contribution in [3.8, 4) is 0 Å². The molecule has 0 saturated carbocycles. The Bertz CT molecular complexity index is 236. The minimum absolute atomic E-state index is 0.0890. The van der Waals surface area contributed by atoms with E-state index in [1.807, 2.05) is 26.1 Å². The first-order chi connectivity index (χ1) is 6.29. The summed E-state index contributed by atoms with van der Waals surface area (Å²) in [6.45, 7) is 2.13. The van der Waals surface area contributed by atoms with E-state index < -0.39 is 0 Å². The van der Waals surface area contributed by atoms with E-state index >= 15 is 0 Å². The molecule has 0 aliphatic heterocycles. The van der Waals surface area contributed by atoms with E-state index in [0.717, 1.165) is 12.0 Å². The number of aliphatic hydroxyl groups excluding tert-OH is 1. The van der Waals surface area contributed by atoms with Crippen LogP contribution in [0.3, 0.4) is 0 Å². The fourth-order valence-corrected chi connectivity index (χ4v) is 1.45. The molecule has 0 spiro atoms. The van der Waals surface area contributed by atoms with Gasteiger partial charge in [0.15, 0.2) is 0 Å². The molecule has 0 aliphatic rings. The van der Waals surface area contributed by atoms with Crippen molar-refractivity contribution in [3.05, 3.63) is 30.1 Å². The summed E-state index contributed by atoms with van der Waals surface area (Å²) in [5.41, 5.74) is 0.691. The number of hydrogen-bond donors (Lipinski definition) is 2. The zero-order chi connectivity index (χ0) is 9.73. The summed E-state index contributed by atoms with van der Waals surface area (Å²) in [7, 11) is 1.85. The minimum atomic E-state index is -0.339. The van der Waals surface area contributed by atoms with Crippen molar-refractivity contribution in [2.75, 3.05) is 13.7 Å². The first kappa shape index (κ1) is 10.2. The highest BCUT2D eigenvalue weighted by atomic mass is 16.3. The Balaban J connectivity index is 3.01. The lowest BCUT2D eigenvalue weighted by molar-refractivity contribution is 0.163. The lowest BCUT2D eigenvalue weighted by Gasteiger charge is -2.30. The Morgan fingerprint density at radius 3 is 2.77 bits per heavy atom. The van der Waals surface area contributed by atoms with Gasteiger partial charge >= 0.3 is 0 Å². The maximum Gasteiger partial charge on any atom is 0.0679 e. The monoisotopic (exact) mass is 180 g/mol. The number of aliphatic hydroxyl groups is 1. The summed E-state index contributed by atoms with van der Waals surface area (Å²) < 4.78 is 0. The lowest BCUT2D eigenvalue weighted by Crippen LogP contribution is -2.42. The Kier molecular flexibility index (Phi) is 3.39. The van der Waals surface area contributed by atoms with Crippen molar-refractivity contribution in [1.29, 1.82) is 0 Å². The van der Waals surface area contributed by atoms with Gasteiger partial charge in [-0.25, -0.2) is 0 Å². The largest absolute Gasteiger partial charge is 0.394 e. The van der Waals surface area contributed by atoms with E-state index in [9.17, 15) is 5.11 Å². The average Bonchev–Trinajstić information content (AvgIpc) is 2.23. The van der Waals surface area contributed by atoms with Gasteiger partial charge in [0.1, 0.15) is 0 Å². The van der Waals surface area contributed by atoms with Gasteiger partial charge in [-0.15, -0.1) is 0 Å². The molecular weight excluding hydrogens is 164 g/mol. The van der Waals surface area contributed by atoms with Crippen molar-refractivity contribution in [2.45, 2.75) is 18.9 Å². The van der Waals surface area contributed by atoms with E-state index in [4.69, 9.17) is 0 Å². The summed E-state index contributed by atoms with van der Waals surface area (Å²) in [5, 5.41) is 12.5. The second-order valence-electron chi connectivity index (χ2n) is 3.09. The molecule has 1 rings (SSSR count). The number of aromatic nitrogens is 1. The van der Waals surface area contributed by atoms with Crippen LogP contribution in [0, 0.1) is 0 Å². The first-order valence-corrected chi connectivity index (χ1v) is 4.49. The number of hydrogen-bond acceptors (Lipinski definition) is 3. The van der Waals surface area contributed by atoms with Crippen LogP contribution >= 0.6 is 0 Å². The van der Waals surface area contributed by atoms with Gasteiger partial charge in [-0.2, -0.15) is 0 Å². The van der Waals surface area contributed by atoms with E-state index in [0.29, 0.717) is 0 Å². The van der Waals surface area contributed by atoms with Crippen LogP contribution in [-0.2, 0) is 5.54 Å². The van der Waals surface area contributed by atoms with Crippen molar-refractivity contribution in [3.63, 3.8) is 0 Å². The summed E-state index contributed by atoms with van der Waals surface area (Å²) >= 11 is 0. The SMILES string of the molecule is CCC(CO)(NC)c1cccnc1. The highest BCUT2D eigenvalue weighted by Crippen LogP contribution is 2.22. The molecular formula is C10H16N2O. The zero-order valence-corrected chi connectivity index (χ0v) is 8.12. The zero-order valence-electron chi connectivity index (χ0n) is 8.12. The molecule has 1 unspecified atom stereocenters. The number of nitrogens with zero attached hydrogens (tertiary/aromatic N) is 1. The topological polar surface area (TPSA) is 45.1 Å². The second-order valence-corrected chi connectivity index (χ2v) is 3.09. The van der Waals surface area contributed by atoms with Gasteiger partial charge in [0, 0.05) is 12.4 Å². The molecule has 0 fully saturated rings. The van der Waals surface area contributed by atoms with Gasteiger partial charge in [-0.05, 0) is 25.1 Å². The molecule has 1 aromatic heterocycles. The normalized spacial score (nSPS) is 15.3. The molecule has 13 heavy (non-hydrogen) atoms. The first-order valence-electron chi connectivity index (χ1n) is 4.49. The maximum absolute atomic E-state index is 9.34.